The molecule has 2 heterocycles. The molecule has 1 amide bonds. The molecule has 1 unspecified atom stereocenters. The summed E-state index contributed by atoms with van der Waals surface area (Å²) < 4.78 is 39.2. The van der Waals surface area contributed by atoms with Crippen molar-refractivity contribution in [2.75, 3.05) is 19.4 Å². The average Bonchev–Trinajstić information content (AvgIpc) is 3.25. The van der Waals surface area contributed by atoms with E-state index in [0.717, 1.165) is 15.6 Å². The Bertz CT molecular complexity index is 1230. The number of fused-ring (bicyclic) bond motifs is 1. The summed E-state index contributed by atoms with van der Waals surface area (Å²) in [6.07, 6.45) is 0. The normalized spacial score (nSPS) is 15.9. The second kappa shape index (κ2) is 7.78. The number of sulfonamides is 1. The summed E-state index contributed by atoms with van der Waals surface area (Å²) in [6.45, 7) is 0. The number of hydrogen-bond acceptors (Lipinski definition) is 5. The Morgan fingerprint density at radius 2 is 1.73 bits per heavy atom. The standard InChI is InChI=1S/C20H20N4O4S2/c1-23(2)30(27,28)16-10-8-14(9-11-16)20(25)21-19-17-12-29(26)13-18(17)22-24(19)15-6-4-3-5-7-15/h3-11H,12-13H2,1-2H3,(H,21,25). The second-order valence-corrected chi connectivity index (χ2v) is 10.6. The van der Waals surface area contributed by atoms with Gasteiger partial charge in [0.05, 0.1) is 27.8 Å². The van der Waals surface area contributed by atoms with Crippen LogP contribution in [0.3, 0.4) is 0 Å². The molecule has 0 saturated heterocycles. The molecule has 30 heavy (non-hydrogen) atoms. The topological polar surface area (TPSA) is 101 Å². The van der Waals surface area contributed by atoms with Crippen LogP contribution in [0.1, 0.15) is 21.6 Å². The van der Waals surface area contributed by atoms with E-state index in [1.807, 2.05) is 30.3 Å². The van der Waals surface area contributed by atoms with Crippen molar-refractivity contribution in [3.8, 4) is 5.69 Å². The lowest BCUT2D eigenvalue weighted by molar-refractivity contribution is 0.102. The zero-order valence-corrected chi connectivity index (χ0v) is 18.0. The molecule has 1 aromatic heterocycles. The molecule has 1 aliphatic heterocycles. The van der Waals surface area contributed by atoms with E-state index >= 15 is 0 Å². The van der Waals surface area contributed by atoms with Crippen molar-refractivity contribution in [3.05, 3.63) is 71.4 Å². The smallest absolute Gasteiger partial charge is 0.256 e. The third-order valence-corrected chi connectivity index (χ3v) is 7.83. The Hall–Kier alpha value is -2.82. The van der Waals surface area contributed by atoms with Crippen LogP contribution in [0.5, 0.6) is 0 Å². The molecule has 0 bridgehead atoms. The maximum atomic E-state index is 12.9. The van der Waals surface area contributed by atoms with Crippen LogP contribution in [0.25, 0.3) is 5.69 Å². The highest BCUT2D eigenvalue weighted by Gasteiger charge is 2.28. The first-order valence-corrected chi connectivity index (χ1v) is 12.1. The summed E-state index contributed by atoms with van der Waals surface area (Å²) in [5.74, 6) is 0.769. The second-order valence-electron chi connectivity index (χ2n) is 7.02. The van der Waals surface area contributed by atoms with Crippen LogP contribution in [0, 0.1) is 0 Å². The molecule has 156 valence electrons. The molecule has 0 radical (unpaired) electrons. The van der Waals surface area contributed by atoms with Crippen LogP contribution in [0.15, 0.2) is 59.5 Å². The highest BCUT2D eigenvalue weighted by molar-refractivity contribution is 7.89. The molecule has 1 N–H and O–H groups in total. The van der Waals surface area contributed by atoms with Crippen LogP contribution < -0.4 is 5.32 Å². The fourth-order valence-corrected chi connectivity index (χ4v) is 5.35. The number of para-hydroxylation sites is 1. The van der Waals surface area contributed by atoms with Gasteiger partial charge in [-0.15, -0.1) is 0 Å². The van der Waals surface area contributed by atoms with Crippen molar-refractivity contribution in [2.24, 2.45) is 0 Å². The summed E-state index contributed by atoms with van der Waals surface area (Å²) in [6, 6.07) is 15.1. The minimum atomic E-state index is -3.57. The van der Waals surface area contributed by atoms with Gasteiger partial charge in [0.25, 0.3) is 5.91 Å². The average molecular weight is 445 g/mol. The van der Waals surface area contributed by atoms with Gasteiger partial charge in [0.1, 0.15) is 5.82 Å². The minimum Gasteiger partial charge on any atom is -0.306 e. The minimum absolute atomic E-state index is 0.106. The van der Waals surface area contributed by atoms with Gasteiger partial charge in [-0.25, -0.2) is 17.4 Å². The lowest BCUT2D eigenvalue weighted by Gasteiger charge is -2.13. The number of hydrogen-bond donors (Lipinski definition) is 1. The number of nitrogens with zero attached hydrogens (tertiary/aromatic N) is 3. The van der Waals surface area contributed by atoms with Crippen molar-refractivity contribution in [3.63, 3.8) is 0 Å². The van der Waals surface area contributed by atoms with Crippen molar-refractivity contribution in [1.82, 2.24) is 14.1 Å². The van der Waals surface area contributed by atoms with Crippen LogP contribution >= 0.6 is 0 Å². The molecule has 0 fully saturated rings. The predicted molar refractivity (Wildman–Crippen MR) is 114 cm³/mol. The quantitative estimate of drug-likeness (QED) is 0.650. The number of aromatic nitrogens is 2. The van der Waals surface area contributed by atoms with Crippen molar-refractivity contribution in [1.29, 1.82) is 0 Å². The first-order chi connectivity index (χ1) is 14.3. The molecule has 2 aromatic carbocycles. The number of carbonyl (C=O) groups excluding carboxylic acids is 1. The summed E-state index contributed by atoms with van der Waals surface area (Å²) in [4.78, 5) is 13.0. The van der Waals surface area contributed by atoms with E-state index in [1.54, 1.807) is 4.68 Å². The molecule has 8 nitrogen and oxygen atoms in total. The van der Waals surface area contributed by atoms with E-state index in [-0.39, 0.29) is 4.90 Å². The lowest BCUT2D eigenvalue weighted by atomic mass is 10.2. The molecule has 1 aliphatic rings. The lowest BCUT2D eigenvalue weighted by Crippen LogP contribution is -2.22. The maximum Gasteiger partial charge on any atom is 0.256 e. The first-order valence-electron chi connectivity index (χ1n) is 9.12. The monoisotopic (exact) mass is 444 g/mol. The Labute approximate surface area is 177 Å². The number of carbonyl (C=O) groups is 1. The van der Waals surface area contributed by atoms with Gasteiger partial charge in [-0.2, -0.15) is 5.10 Å². The van der Waals surface area contributed by atoms with E-state index in [4.69, 9.17) is 0 Å². The zero-order chi connectivity index (χ0) is 21.5. The molecular formula is C20H20N4O4S2. The van der Waals surface area contributed by atoms with E-state index in [9.17, 15) is 17.4 Å². The number of benzene rings is 2. The Kier molecular flexibility index (Phi) is 5.31. The van der Waals surface area contributed by atoms with Gasteiger partial charge in [-0.1, -0.05) is 18.2 Å². The number of anilines is 1. The molecule has 1 atom stereocenters. The van der Waals surface area contributed by atoms with E-state index < -0.39 is 26.7 Å². The third-order valence-electron chi connectivity index (χ3n) is 4.80. The van der Waals surface area contributed by atoms with Gasteiger partial charge in [-0.05, 0) is 36.4 Å². The molecule has 0 aliphatic carbocycles. The van der Waals surface area contributed by atoms with Crippen LogP contribution in [0.2, 0.25) is 0 Å². The van der Waals surface area contributed by atoms with Crippen LogP contribution in [0.4, 0.5) is 5.82 Å². The van der Waals surface area contributed by atoms with Crippen molar-refractivity contribution >= 4 is 32.5 Å². The molecule has 10 heteroatoms. The van der Waals surface area contributed by atoms with E-state index in [2.05, 4.69) is 10.4 Å². The fraction of sp³-hybridized carbons (Fsp3) is 0.200. The van der Waals surface area contributed by atoms with Gasteiger partial charge in [0.15, 0.2) is 0 Å². The highest BCUT2D eigenvalue weighted by Crippen LogP contribution is 2.31. The number of amides is 1. The summed E-state index contributed by atoms with van der Waals surface area (Å²) in [7, 11) is -1.71. The van der Waals surface area contributed by atoms with Gasteiger partial charge in [-0.3, -0.25) is 9.00 Å². The Balaban J connectivity index is 1.66. The summed E-state index contributed by atoms with van der Waals surface area (Å²) >= 11 is 0. The SMILES string of the molecule is CN(C)S(=O)(=O)c1ccc(C(=O)Nc2c3c(nn2-c2ccccc2)CS(=O)C3)cc1. The van der Waals surface area contributed by atoms with Crippen molar-refractivity contribution in [2.45, 2.75) is 16.4 Å². The van der Waals surface area contributed by atoms with Gasteiger partial charge >= 0.3 is 0 Å². The Morgan fingerprint density at radius 3 is 2.37 bits per heavy atom. The van der Waals surface area contributed by atoms with Gasteiger partial charge in [0.2, 0.25) is 10.0 Å². The van der Waals surface area contributed by atoms with Crippen molar-refractivity contribution < 1.29 is 17.4 Å². The van der Waals surface area contributed by atoms with Crippen LogP contribution in [-0.2, 0) is 32.3 Å². The predicted octanol–water partition coefficient (Wildman–Crippen LogP) is 2.14. The summed E-state index contributed by atoms with van der Waals surface area (Å²) in [5, 5.41) is 7.42. The third kappa shape index (κ3) is 3.69. The summed E-state index contributed by atoms with van der Waals surface area (Å²) in [5.41, 5.74) is 2.55. The van der Waals surface area contributed by atoms with Gasteiger partial charge < -0.3 is 5.32 Å². The molecule has 0 saturated carbocycles. The zero-order valence-electron chi connectivity index (χ0n) is 16.4. The van der Waals surface area contributed by atoms with Crippen LogP contribution in [-0.4, -0.2) is 46.7 Å². The first kappa shape index (κ1) is 20.5. The fourth-order valence-electron chi connectivity index (χ4n) is 3.18. The van der Waals surface area contributed by atoms with E-state index in [0.29, 0.717) is 28.6 Å². The van der Waals surface area contributed by atoms with E-state index in [1.165, 1.54) is 38.4 Å². The molecule has 3 aromatic rings. The highest BCUT2D eigenvalue weighted by atomic mass is 32.2. The Morgan fingerprint density at radius 1 is 1.07 bits per heavy atom. The number of rotatable bonds is 5. The maximum absolute atomic E-state index is 12.9. The van der Waals surface area contributed by atoms with Gasteiger partial charge in [0, 0.05) is 36.0 Å². The molecule has 4 rings (SSSR count). The largest absolute Gasteiger partial charge is 0.306 e. The number of nitrogens with one attached hydrogen (secondary N) is 1. The molecule has 0 spiro atoms. The molecular weight excluding hydrogens is 424 g/mol.